The van der Waals surface area contributed by atoms with E-state index in [0.29, 0.717) is 10.6 Å². The van der Waals surface area contributed by atoms with Crippen LogP contribution in [0.1, 0.15) is 44.1 Å². The average Bonchev–Trinajstić information content (AvgIpc) is 2.98. The number of carbonyl (C=O) groups excluding carboxylic acids is 2. The minimum Gasteiger partial charge on any atom is -0.460 e. The van der Waals surface area contributed by atoms with E-state index in [2.05, 4.69) is 0 Å². The molecule has 1 unspecified atom stereocenters. The number of benzene rings is 1. The first-order valence-electron chi connectivity index (χ1n) is 8.00. The number of carbonyl (C=O) groups is 2. The van der Waals surface area contributed by atoms with E-state index in [9.17, 15) is 9.59 Å². The third-order valence-electron chi connectivity index (χ3n) is 4.28. The number of ether oxygens (including phenoxy) is 2. The minimum absolute atomic E-state index is 0.0485. The predicted octanol–water partition coefficient (Wildman–Crippen LogP) is 3.83. The van der Waals surface area contributed by atoms with E-state index in [4.69, 9.17) is 21.1 Å². The summed E-state index contributed by atoms with van der Waals surface area (Å²) >= 11 is 6.30. The van der Waals surface area contributed by atoms with Crippen molar-refractivity contribution in [3.8, 4) is 0 Å². The molecule has 1 saturated carbocycles. The second-order valence-corrected chi connectivity index (χ2v) is 6.33. The maximum absolute atomic E-state index is 12.2. The Kier molecular flexibility index (Phi) is 5.01. The standard InChI is InChI=1S/C18H19ClO4/c19-16(12-7-3-1-4-8-12)14-11-15(23-17(14)20)18(21)22-13-9-5-2-6-10-13/h1,3-4,7-8,13,15H,2,5-6,9-11H2/b16-14-. The lowest BCUT2D eigenvalue weighted by Gasteiger charge is -2.22. The summed E-state index contributed by atoms with van der Waals surface area (Å²) in [5.74, 6) is -0.998. The Balaban J connectivity index is 1.68. The number of rotatable bonds is 3. The van der Waals surface area contributed by atoms with Gasteiger partial charge >= 0.3 is 11.9 Å². The maximum Gasteiger partial charge on any atom is 0.348 e. The minimum atomic E-state index is -0.878. The van der Waals surface area contributed by atoms with E-state index in [1.54, 1.807) is 0 Å². The molecule has 5 heteroatoms. The van der Waals surface area contributed by atoms with Gasteiger partial charge in [-0.2, -0.15) is 0 Å². The molecule has 0 bridgehead atoms. The Morgan fingerprint density at radius 1 is 1.13 bits per heavy atom. The van der Waals surface area contributed by atoms with Crippen LogP contribution >= 0.6 is 11.6 Å². The van der Waals surface area contributed by atoms with Crippen molar-refractivity contribution in [1.29, 1.82) is 0 Å². The molecule has 1 saturated heterocycles. The Bertz CT molecular complexity index is 617. The molecule has 1 atom stereocenters. The number of hydrogen-bond acceptors (Lipinski definition) is 4. The van der Waals surface area contributed by atoms with Gasteiger partial charge in [0.2, 0.25) is 6.10 Å². The molecule has 0 amide bonds. The molecule has 1 aromatic rings. The van der Waals surface area contributed by atoms with Gasteiger partial charge in [0.25, 0.3) is 0 Å². The van der Waals surface area contributed by atoms with Crippen LogP contribution in [0.2, 0.25) is 0 Å². The van der Waals surface area contributed by atoms with Crippen molar-refractivity contribution in [2.75, 3.05) is 0 Å². The molecule has 0 aromatic heterocycles. The van der Waals surface area contributed by atoms with Crippen LogP contribution in [0, 0.1) is 0 Å². The van der Waals surface area contributed by atoms with E-state index in [-0.39, 0.29) is 12.5 Å². The molecule has 1 aliphatic heterocycles. The van der Waals surface area contributed by atoms with E-state index < -0.39 is 18.0 Å². The van der Waals surface area contributed by atoms with Gasteiger partial charge in [-0.05, 0) is 31.2 Å². The number of halogens is 1. The fourth-order valence-electron chi connectivity index (χ4n) is 3.00. The lowest BCUT2D eigenvalue weighted by Crippen LogP contribution is -2.29. The summed E-state index contributed by atoms with van der Waals surface area (Å²) in [5.41, 5.74) is 1.07. The summed E-state index contributed by atoms with van der Waals surface area (Å²) in [6, 6.07) is 9.18. The number of cyclic esters (lactones) is 1. The van der Waals surface area contributed by atoms with Crippen LogP contribution in [0.15, 0.2) is 35.9 Å². The summed E-state index contributed by atoms with van der Waals surface area (Å²) in [4.78, 5) is 24.2. The van der Waals surface area contributed by atoms with Crippen molar-refractivity contribution >= 4 is 28.6 Å². The number of esters is 2. The van der Waals surface area contributed by atoms with Crippen LogP contribution in [-0.2, 0) is 19.1 Å². The van der Waals surface area contributed by atoms with Gasteiger partial charge in [-0.1, -0.05) is 48.4 Å². The molecular weight excluding hydrogens is 316 g/mol. The Morgan fingerprint density at radius 2 is 1.83 bits per heavy atom. The highest BCUT2D eigenvalue weighted by molar-refractivity contribution is 6.51. The molecule has 4 nitrogen and oxygen atoms in total. The van der Waals surface area contributed by atoms with Crippen molar-refractivity contribution in [1.82, 2.24) is 0 Å². The number of hydrogen-bond donors (Lipinski definition) is 0. The smallest absolute Gasteiger partial charge is 0.348 e. The van der Waals surface area contributed by atoms with Gasteiger partial charge in [-0.25, -0.2) is 9.59 Å². The summed E-state index contributed by atoms with van der Waals surface area (Å²) in [5, 5.41) is 0.337. The van der Waals surface area contributed by atoms with E-state index in [1.165, 1.54) is 6.42 Å². The van der Waals surface area contributed by atoms with E-state index in [0.717, 1.165) is 31.2 Å². The SMILES string of the molecule is O=C1OC(C(=O)OC2CCCCC2)C/C1=C(/Cl)c1ccccc1. The Morgan fingerprint density at radius 3 is 2.52 bits per heavy atom. The zero-order valence-corrected chi connectivity index (χ0v) is 13.6. The zero-order valence-electron chi connectivity index (χ0n) is 12.8. The summed E-state index contributed by atoms with van der Waals surface area (Å²) in [6.07, 6.45) is 4.36. The van der Waals surface area contributed by atoms with Gasteiger partial charge in [-0.3, -0.25) is 0 Å². The van der Waals surface area contributed by atoms with Gasteiger partial charge in [-0.15, -0.1) is 0 Å². The Hall–Kier alpha value is -1.81. The van der Waals surface area contributed by atoms with Crippen LogP contribution in [0.5, 0.6) is 0 Å². The van der Waals surface area contributed by atoms with Crippen molar-refractivity contribution in [3.63, 3.8) is 0 Å². The summed E-state index contributed by atoms with van der Waals surface area (Å²) in [7, 11) is 0. The highest BCUT2D eigenvalue weighted by Crippen LogP contribution is 2.32. The third-order valence-corrected chi connectivity index (χ3v) is 4.72. The molecule has 1 aliphatic carbocycles. The van der Waals surface area contributed by atoms with Crippen LogP contribution in [0.4, 0.5) is 0 Å². The molecule has 2 aliphatic rings. The highest BCUT2D eigenvalue weighted by atomic mass is 35.5. The zero-order chi connectivity index (χ0) is 16.2. The first kappa shape index (κ1) is 16.1. The first-order chi connectivity index (χ1) is 11.1. The average molecular weight is 335 g/mol. The monoisotopic (exact) mass is 334 g/mol. The normalized spacial score (nSPS) is 24.2. The summed E-state index contributed by atoms with van der Waals surface area (Å²) < 4.78 is 10.6. The van der Waals surface area contributed by atoms with Gasteiger partial charge in [0.15, 0.2) is 0 Å². The van der Waals surface area contributed by atoms with E-state index in [1.807, 2.05) is 30.3 Å². The second kappa shape index (κ2) is 7.18. The molecule has 3 rings (SSSR count). The van der Waals surface area contributed by atoms with Gasteiger partial charge in [0.1, 0.15) is 6.10 Å². The van der Waals surface area contributed by atoms with Crippen LogP contribution in [0.25, 0.3) is 5.03 Å². The van der Waals surface area contributed by atoms with Crippen LogP contribution in [-0.4, -0.2) is 24.1 Å². The largest absolute Gasteiger partial charge is 0.460 e. The van der Waals surface area contributed by atoms with Crippen molar-refractivity contribution in [3.05, 3.63) is 41.5 Å². The molecule has 122 valence electrons. The van der Waals surface area contributed by atoms with Crippen molar-refractivity contribution in [2.45, 2.75) is 50.7 Å². The highest BCUT2D eigenvalue weighted by Gasteiger charge is 2.38. The van der Waals surface area contributed by atoms with E-state index >= 15 is 0 Å². The van der Waals surface area contributed by atoms with Crippen molar-refractivity contribution in [2.24, 2.45) is 0 Å². The fourth-order valence-corrected chi connectivity index (χ4v) is 3.28. The summed E-state index contributed by atoms with van der Waals surface area (Å²) in [6.45, 7) is 0. The molecular formula is C18H19ClO4. The molecule has 0 N–H and O–H groups in total. The first-order valence-corrected chi connectivity index (χ1v) is 8.38. The second-order valence-electron chi connectivity index (χ2n) is 5.95. The van der Waals surface area contributed by atoms with Crippen LogP contribution in [0.3, 0.4) is 0 Å². The maximum atomic E-state index is 12.2. The van der Waals surface area contributed by atoms with Crippen molar-refractivity contribution < 1.29 is 19.1 Å². The molecule has 0 spiro atoms. The van der Waals surface area contributed by atoms with Gasteiger partial charge in [0, 0.05) is 6.42 Å². The molecule has 23 heavy (non-hydrogen) atoms. The van der Waals surface area contributed by atoms with Crippen LogP contribution < -0.4 is 0 Å². The van der Waals surface area contributed by atoms with Gasteiger partial charge in [0.05, 0.1) is 10.6 Å². The Labute approximate surface area is 140 Å². The molecule has 2 fully saturated rings. The lowest BCUT2D eigenvalue weighted by atomic mass is 9.98. The lowest BCUT2D eigenvalue weighted by molar-refractivity contribution is -0.166. The topological polar surface area (TPSA) is 52.6 Å². The molecule has 1 aromatic carbocycles. The predicted molar refractivity (Wildman–Crippen MR) is 86.7 cm³/mol. The fraction of sp³-hybridized carbons (Fsp3) is 0.444. The third kappa shape index (κ3) is 3.75. The molecule has 1 heterocycles. The quantitative estimate of drug-likeness (QED) is 0.622. The van der Waals surface area contributed by atoms with Gasteiger partial charge < -0.3 is 9.47 Å². The molecule has 0 radical (unpaired) electrons.